The maximum Gasteiger partial charge on any atom is 0.208 e. The highest BCUT2D eigenvalue weighted by Crippen LogP contribution is 2.25. The summed E-state index contributed by atoms with van der Waals surface area (Å²) >= 11 is 0. The van der Waals surface area contributed by atoms with Crippen LogP contribution >= 0.6 is 0 Å². The summed E-state index contributed by atoms with van der Waals surface area (Å²) < 4.78 is 10.5. The van der Waals surface area contributed by atoms with Gasteiger partial charge in [0.1, 0.15) is 17.4 Å². The van der Waals surface area contributed by atoms with Gasteiger partial charge in [0.2, 0.25) is 5.88 Å². The zero-order valence-corrected chi connectivity index (χ0v) is 9.38. The molecule has 1 atom stereocenters. The zero-order chi connectivity index (χ0) is 12.3. The first-order chi connectivity index (χ1) is 8.24. The van der Waals surface area contributed by atoms with Gasteiger partial charge in [-0.1, -0.05) is 30.4 Å². The van der Waals surface area contributed by atoms with Gasteiger partial charge in [-0.3, -0.25) is 0 Å². The molecular formula is C13H12N2O2. The van der Waals surface area contributed by atoms with Gasteiger partial charge in [-0.25, -0.2) is 0 Å². The van der Waals surface area contributed by atoms with Crippen molar-refractivity contribution >= 4 is 11.5 Å². The number of ether oxygens (including phenoxy) is 1. The Morgan fingerprint density at radius 3 is 2.94 bits per heavy atom. The maximum absolute atomic E-state index is 8.80. The first kappa shape index (κ1) is 11.2. The molecule has 0 spiro atoms. The van der Waals surface area contributed by atoms with Crippen LogP contribution in [0.1, 0.15) is 11.3 Å². The fourth-order valence-electron chi connectivity index (χ4n) is 1.54. The third-order valence-corrected chi connectivity index (χ3v) is 2.48. The van der Waals surface area contributed by atoms with Crippen molar-refractivity contribution in [3.05, 3.63) is 47.8 Å². The molecule has 0 aliphatic heterocycles. The molecule has 4 heteroatoms. The summed E-state index contributed by atoms with van der Waals surface area (Å²) in [5, 5.41) is 8.80. The Bertz CT molecular complexity index is 544. The van der Waals surface area contributed by atoms with Gasteiger partial charge >= 0.3 is 0 Å². The molecule has 0 unspecified atom stereocenters. The van der Waals surface area contributed by atoms with E-state index in [1.54, 1.807) is 13.2 Å². The Balaban J connectivity index is 2.32. The van der Waals surface area contributed by atoms with E-state index in [0.717, 1.165) is 5.57 Å². The topological polar surface area (TPSA) is 72.2 Å². The predicted octanol–water partition coefficient (Wildman–Crippen LogP) is 2.26. The molecule has 4 nitrogen and oxygen atoms in total. The number of hydrogen-bond donors (Lipinski definition) is 1. The molecule has 0 fully saturated rings. The molecule has 1 aromatic heterocycles. The van der Waals surface area contributed by atoms with Crippen molar-refractivity contribution in [1.82, 2.24) is 0 Å². The highest BCUT2D eigenvalue weighted by molar-refractivity contribution is 5.75. The van der Waals surface area contributed by atoms with Crippen LogP contribution < -0.4 is 5.73 Å². The summed E-state index contributed by atoms with van der Waals surface area (Å²) in [6.45, 7) is 0. The minimum absolute atomic E-state index is 0.0495. The highest BCUT2D eigenvalue weighted by Gasteiger charge is 2.11. The van der Waals surface area contributed by atoms with E-state index in [-0.39, 0.29) is 12.0 Å². The number of anilines is 1. The number of methoxy groups -OCH3 is 1. The van der Waals surface area contributed by atoms with Gasteiger partial charge < -0.3 is 14.9 Å². The third kappa shape index (κ3) is 2.30. The molecular weight excluding hydrogens is 216 g/mol. The molecule has 1 aliphatic rings. The SMILES string of the molecule is CO[C@H]1C=CC=C(c2cc(C#N)c(N)o2)C=C1. The number of furan rings is 1. The van der Waals surface area contributed by atoms with Crippen molar-refractivity contribution in [2.24, 2.45) is 0 Å². The van der Waals surface area contributed by atoms with Crippen LogP contribution in [-0.4, -0.2) is 13.2 Å². The van der Waals surface area contributed by atoms with Crippen LogP contribution in [0.15, 0.2) is 40.9 Å². The number of allylic oxidation sites excluding steroid dienone is 4. The van der Waals surface area contributed by atoms with Crippen molar-refractivity contribution in [3.63, 3.8) is 0 Å². The molecule has 0 amide bonds. The van der Waals surface area contributed by atoms with Crippen LogP contribution in [0, 0.1) is 11.3 Å². The molecule has 1 heterocycles. The second-order valence-electron chi connectivity index (χ2n) is 3.57. The minimum Gasteiger partial charge on any atom is -0.440 e. The van der Waals surface area contributed by atoms with Crippen LogP contribution in [0.4, 0.5) is 5.88 Å². The van der Waals surface area contributed by atoms with Crippen molar-refractivity contribution in [2.45, 2.75) is 6.10 Å². The second-order valence-corrected chi connectivity index (χ2v) is 3.57. The predicted molar refractivity (Wildman–Crippen MR) is 64.9 cm³/mol. The van der Waals surface area contributed by atoms with E-state index in [9.17, 15) is 0 Å². The lowest BCUT2D eigenvalue weighted by Gasteiger charge is -2.01. The molecule has 0 saturated carbocycles. The van der Waals surface area contributed by atoms with Gasteiger partial charge in [0, 0.05) is 18.7 Å². The number of nitrogens with zero attached hydrogens (tertiary/aromatic N) is 1. The lowest BCUT2D eigenvalue weighted by atomic mass is 10.1. The second kappa shape index (κ2) is 4.73. The number of nitriles is 1. The summed E-state index contributed by atoms with van der Waals surface area (Å²) in [4.78, 5) is 0. The normalized spacial score (nSPS) is 18.6. The van der Waals surface area contributed by atoms with E-state index >= 15 is 0 Å². The van der Waals surface area contributed by atoms with E-state index in [0.29, 0.717) is 11.3 Å². The lowest BCUT2D eigenvalue weighted by Crippen LogP contribution is -2.00. The Hall–Kier alpha value is -2.25. The molecule has 0 radical (unpaired) electrons. The monoisotopic (exact) mass is 228 g/mol. The van der Waals surface area contributed by atoms with Crippen LogP contribution in [0.5, 0.6) is 0 Å². The lowest BCUT2D eigenvalue weighted by molar-refractivity contribution is 0.178. The molecule has 1 aliphatic carbocycles. The summed E-state index contributed by atoms with van der Waals surface area (Å²) in [6, 6.07) is 3.61. The molecule has 86 valence electrons. The van der Waals surface area contributed by atoms with Gasteiger partial charge in [-0.2, -0.15) is 5.26 Å². The third-order valence-electron chi connectivity index (χ3n) is 2.48. The molecule has 1 aromatic rings. The molecule has 0 bridgehead atoms. The Kier molecular flexibility index (Phi) is 3.12. The standard InChI is InChI=1S/C13H12N2O2/c1-16-11-4-2-3-9(5-6-11)12-7-10(8-14)13(15)17-12/h2-7,11H,15H2,1H3/t11-/m0/s1. The van der Waals surface area contributed by atoms with E-state index in [4.69, 9.17) is 20.1 Å². The Labute approximate surface area is 99.3 Å². The summed E-state index contributed by atoms with van der Waals surface area (Å²) in [7, 11) is 1.64. The number of nitrogen functional groups attached to an aromatic ring is 1. The zero-order valence-electron chi connectivity index (χ0n) is 9.38. The number of rotatable bonds is 2. The average Bonchev–Trinajstić information content (AvgIpc) is 2.58. The molecule has 0 saturated heterocycles. The smallest absolute Gasteiger partial charge is 0.208 e. The average molecular weight is 228 g/mol. The van der Waals surface area contributed by atoms with Gasteiger partial charge in [0.25, 0.3) is 0 Å². The number of hydrogen-bond acceptors (Lipinski definition) is 4. The quantitative estimate of drug-likeness (QED) is 0.842. The highest BCUT2D eigenvalue weighted by atomic mass is 16.5. The van der Waals surface area contributed by atoms with Crippen LogP contribution in [-0.2, 0) is 4.74 Å². The summed E-state index contributed by atoms with van der Waals surface area (Å²) in [5.74, 6) is 0.727. The Morgan fingerprint density at radius 1 is 1.47 bits per heavy atom. The fourth-order valence-corrected chi connectivity index (χ4v) is 1.54. The minimum atomic E-state index is -0.0495. The van der Waals surface area contributed by atoms with Crippen LogP contribution in [0.2, 0.25) is 0 Å². The first-order valence-corrected chi connectivity index (χ1v) is 5.14. The fraction of sp³-hybridized carbons (Fsp3) is 0.154. The first-order valence-electron chi connectivity index (χ1n) is 5.14. The van der Waals surface area contributed by atoms with Crippen molar-refractivity contribution < 1.29 is 9.15 Å². The van der Waals surface area contributed by atoms with Gasteiger partial charge in [-0.05, 0) is 0 Å². The van der Waals surface area contributed by atoms with Gasteiger partial charge in [-0.15, -0.1) is 0 Å². The van der Waals surface area contributed by atoms with E-state index < -0.39 is 0 Å². The maximum atomic E-state index is 8.80. The summed E-state index contributed by atoms with van der Waals surface area (Å²) in [5.41, 5.74) is 6.78. The Morgan fingerprint density at radius 2 is 2.29 bits per heavy atom. The molecule has 0 aromatic carbocycles. The van der Waals surface area contributed by atoms with Gasteiger partial charge in [0.15, 0.2) is 0 Å². The number of nitrogens with two attached hydrogens (primary N) is 1. The van der Waals surface area contributed by atoms with Crippen LogP contribution in [0.25, 0.3) is 5.57 Å². The van der Waals surface area contributed by atoms with E-state index in [2.05, 4.69) is 0 Å². The van der Waals surface area contributed by atoms with Crippen molar-refractivity contribution in [3.8, 4) is 6.07 Å². The molecule has 2 N–H and O–H groups in total. The van der Waals surface area contributed by atoms with Crippen molar-refractivity contribution in [1.29, 1.82) is 5.26 Å². The van der Waals surface area contributed by atoms with E-state index in [1.165, 1.54) is 0 Å². The molecule has 2 rings (SSSR count). The largest absolute Gasteiger partial charge is 0.440 e. The van der Waals surface area contributed by atoms with Crippen LogP contribution in [0.3, 0.4) is 0 Å². The van der Waals surface area contributed by atoms with E-state index in [1.807, 2.05) is 36.4 Å². The molecule has 17 heavy (non-hydrogen) atoms. The van der Waals surface area contributed by atoms with Crippen molar-refractivity contribution in [2.75, 3.05) is 12.8 Å². The van der Waals surface area contributed by atoms with Gasteiger partial charge in [0.05, 0.1) is 6.10 Å². The summed E-state index contributed by atoms with van der Waals surface area (Å²) in [6.07, 6.45) is 9.42.